The second kappa shape index (κ2) is 4.38. The lowest BCUT2D eigenvalue weighted by molar-refractivity contribution is 0.268. The highest BCUT2D eigenvalue weighted by Gasteiger charge is 1.97. The van der Waals surface area contributed by atoms with Gasteiger partial charge < -0.3 is 9.29 Å². The zero-order valence-corrected chi connectivity index (χ0v) is 7.04. The van der Waals surface area contributed by atoms with Gasteiger partial charge in [-0.1, -0.05) is 0 Å². The van der Waals surface area contributed by atoms with Crippen LogP contribution in [0.2, 0.25) is 0 Å². The van der Waals surface area contributed by atoms with Crippen LogP contribution in [0.1, 0.15) is 0 Å². The van der Waals surface area contributed by atoms with Crippen molar-refractivity contribution in [3.8, 4) is 0 Å². The number of rotatable bonds is 4. The minimum Gasteiger partial charge on any atom is -0.394 e. The maximum absolute atomic E-state index is 8.56. The summed E-state index contributed by atoms with van der Waals surface area (Å²) < 4.78 is 6.47. The lowest BCUT2D eigenvalue weighted by atomic mass is 10.7. The molecule has 0 fully saturated rings. The quantitative estimate of drug-likeness (QED) is 0.676. The number of hydrogen-bond acceptors (Lipinski definition) is 4. The van der Waals surface area contributed by atoms with Crippen LogP contribution in [0.3, 0.4) is 0 Å². The van der Waals surface area contributed by atoms with Crippen LogP contribution >= 0.6 is 12.0 Å². The molecule has 4 nitrogen and oxygen atoms in total. The molecule has 0 radical (unpaired) electrons. The highest BCUT2D eigenvalue weighted by Crippen LogP contribution is 2.13. The lowest BCUT2D eigenvalue weighted by Crippen LogP contribution is -2.01. The third-order valence-corrected chi connectivity index (χ3v) is 1.67. The Hall–Kier alpha value is -0.520. The minimum absolute atomic E-state index is 0.110. The van der Waals surface area contributed by atoms with Crippen molar-refractivity contribution in [3.63, 3.8) is 0 Å². The number of nitrogens with zero attached hydrogens (tertiary/aromatic N) is 2. The SMILES string of the molecule is COSc1ccn(CCO)n1. The Kier molecular flexibility index (Phi) is 3.41. The lowest BCUT2D eigenvalue weighted by Gasteiger charge is -1.94. The summed E-state index contributed by atoms with van der Waals surface area (Å²) in [5.74, 6) is 0. The molecule has 0 aromatic carbocycles. The molecule has 1 N–H and O–H groups in total. The maximum atomic E-state index is 8.56. The average Bonchev–Trinajstić information content (AvgIpc) is 2.38. The average molecular weight is 174 g/mol. The Morgan fingerprint density at radius 1 is 1.82 bits per heavy atom. The van der Waals surface area contributed by atoms with E-state index in [4.69, 9.17) is 9.29 Å². The van der Waals surface area contributed by atoms with Crippen molar-refractivity contribution in [3.05, 3.63) is 12.3 Å². The molecule has 0 atom stereocenters. The van der Waals surface area contributed by atoms with Gasteiger partial charge >= 0.3 is 0 Å². The van der Waals surface area contributed by atoms with Crippen LogP contribution in [-0.4, -0.2) is 28.6 Å². The van der Waals surface area contributed by atoms with Crippen molar-refractivity contribution in [1.29, 1.82) is 0 Å². The van der Waals surface area contributed by atoms with Gasteiger partial charge in [-0.15, -0.1) is 0 Å². The van der Waals surface area contributed by atoms with E-state index < -0.39 is 0 Å². The summed E-state index contributed by atoms with van der Waals surface area (Å²) in [7, 11) is 1.59. The van der Waals surface area contributed by atoms with Crippen LogP contribution in [0, 0.1) is 0 Å². The summed E-state index contributed by atoms with van der Waals surface area (Å²) in [4.78, 5) is 0. The third kappa shape index (κ3) is 2.53. The first-order chi connectivity index (χ1) is 5.36. The Bertz CT molecular complexity index is 194. The molecule has 62 valence electrons. The molecule has 0 amide bonds. The van der Waals surface area contributed by atoms with Crippen LogP contribution in [0.4, 0.5) is 0 Å². The fraction of sp³-hybridized carbons (Fsp3) is 0.500. The van der Waals surface area contributed by atoms with Gasteiger partial charge in [-0.05, 0) is 6.07 Å². The van der Waals surface area contributed by atoms with Crippen LogP contribution in [0.15, 0.2) is 17.3 Å². The first-order valence-corrected chi connectivity index (χ1v) is 3.96. The van der Waals surface area contributed by atoms with Crippen LogP contribution in [0.5, 0.6) is 0 Å². The molecular weight excluding hydrogens is 164 g/mol. The summed E-state index contributed by atoms with van der Waals surface area (Å²) in [6.07, 6.45) is 1.80. The maximum Gasteiger partial charge on any atom is 0.145 e. The van der Waals surface area contributed by atoms with Crippen molar-refractivity contribution >= 4 is 12.0 Å². The molecule has 5 heteroatoms. The van der Waals surface area contributed by atoms with E-state index >= 15 is 0 Å². The standard InChI is InChI=1S/C6H10N2O2S/c1-10-11-6-2-3-8(7-6)4-5-9/h2-3,9H,4-5H2,1H3. The van der Waals surface area contributed by atoms with Gasteiger partial charge in [-0.2, -0.15) is 5.10 Å². The molecule has 0 unspecified atom stereocenters. The predicted octanol–water partition coefficient (Wildman–Crippen LogP) is 0.529. The van der Waals surface area contributed by atoms with Crippen molar-refractivity contribution in [1.82, 2.24) is 9.78 Å². The second-order valence-electron chi connectivity index (χ2n) is 1.89. The number of aliphatic hydroxyl groups excluding tert-OH is 1. The van der Waals surface area contributed by atoms with Crippen molar-refractivity contribution in [2.24, 2.45) is 0 Å². The fourth-order valence-corrected chi connectivity index (χ4v) is 1.13. The van der Waals surface area contributed by atoms with Gasteiger partial charge in [0, 0.05) is 6.20 Å². The molecule has 0 spiro atoms. The van der Waals surface area contributed by atoms with Gasteiger partial charge in [-0.3, -0.25) is 4.68 Å². The number of hydrogen-bond donors (Lipinski definition) is 1. The van der Waals surface area contributed by atoms with E-state index in [2.05, 4.69) is 5.10 Å². The molecular formula is C6H10N2O2S. The molecule has 1 heterocycles. The van der Waals surface area contributed by atoms with E-state index in [0.717, 1.165) is 5.03 Å². The summed E-state index contributed by atoms with van der Waals surface area (Å²) in [5, 5.41) is 13.5. The second-order valence-corrected chi connectivity index (χ2v) is 2.81. The molecule has 11 heavy (non-hydrogen) atoms. The molecule has 0 saturated carbocycles. The normalized spacial score (nSPS) is 10.4. The van der Waals surface area contributed by atoms with Crippen LogP contribution in [-0.2, 0) is 10.7 Å². The van der Waals surface area contributed by atoms with Crippen molar-refractivity contribution in [2.75, 3.05) is 13.7 Å². The Morgan fingerprint density at radius 2 is 2.64 bits per heavy atom. The predicted molar refractivity (Wildman–Crippen MR) is 42.2 cm³/mol. The first-order valence-electron chi connectivity index (χ1n) is 3.22. The summed E-state index contributed by atoms with van der Waals surface area (Å²) in [6, 6.07) is 1.84. The van der Waals surface area contributed by atoms with Gasteiger partial charge in [0.2, 0.25) is 0 Å². The fourth-order valence-electron chi connectivity index (χ4n) is 0.700. The Balaban J connectivity index is 2.51. The van der Waals surface area contributed by atoms with Gasteiger partial charge in [0.05, 0.1) is 32.3 Å². The van der Waals surface area contributed by atoms with Gasteiger partial charge in [-0.25, -0.2) is 0 Å². The van der Waals surface area contributed by atoms with Crippen molar-refractivity contribution in [2.45, 2.75) is 11.6 Å². The summed E-state index contributed by atoms with van der Waals surface area (Å²) in [6.45, 7) is 0.642. The van der Waals surface area contributed by atoms with E-state index in [0.29, 0.717) is 6.54 Å². The van der Waals surface area contributed by atoms with Crippen LogP contribution in [0.25, 0.3) is 0 Å². The van der Waals surface area contributed by atoms with Gasteiger partial charge in [0.25, 0.3) is 0 Å². The van der Waals surface area contributed by atoms with E-state index in [1.807, 2.05) is 6.07 Å². The largest absolute Gasteiger partial charge is 0.394 e. The van der Waals surface area contributed by atoms with E-state index in [1.165, 1.54) is 12.0 Å². The molecule has 0 aliphatic carbocycles. The highest BCUT2D eigenvalue weighted by atomic mass is 32.2. The highest BCUT2D eigenvalue weighted by molar-refractivity contribution is 7.94. The third-order valence-electron chi connectivity index (χ3n) is 1.11. The van der Waals surface area contributed by atoms with Gasteiger partial charge in [0.1, 0.15) is 5.03 Å². The molecule has 0 aliphatic rings. The van der Waals surface area contributed by atoms with E-state index in [1.54, 1.807) is 18.0 Å². The molecule has 0 saturated heterocycles. The Labute approximate surface area is 69.4 Å². The van der Waals surface area contributed by atoms with E-state index in [9.17, 15) is 0 Å². The molecule has 1 aromatic rings. The first kappa shape index (κ1) is 8.58. The smallest absolute Gasteiger partial charge is 0.145 e. The van der Waals surface area contributed by atoms with E-state index in [-0.39, 0.29) is 6.61 Å². The monoisotopic (exact) mass is 174 g/mol. The molecule has 1 aromatic heterocycles. The van der Waals surface area contributed by atoms with Gasteiger partial charge in [0.15, 0.2) is 0 Å². The number of aromatic nitrogens is 2. The summed E-state index contributed by atoms with van der Waals surface area (Å²) in [5.41, 5.74) is 0. The topological polar surface area (TPSA) is 47.3 Å². The number of aliphatic hydroxyl groups is 1. The zero-order valence-electron chi connectivity index (χ0n) is 6.23. The molecule has 0 aliphatic heterocycles. The molecule has 1 rings (SSSR count). The zero-order chi connectivity index (χ0) is 8.10. The summed E-state index contributed by atoms with van der Waals surface area (Å²) >= 11 is 1.21. The minimum atomic E-state index is 0.110. The van der Waals surface area contributed by atoms with Crippen molar-refractivity contribution < 1.29 is 9.29 Å². The van der Waals surface area contributed by atoms with Crippen LogP contribution < -0.4 is 0 Å². The molecule has 0 bridgehead atoms. The Morgan fingerprint density at radius 3 is 3.27 bits per heavy atom.